The summed E-state index contributed by atoms with van der Waals surface area (Å²) in [6.07, 6.45) is -1.66. The van der Waals surface area contributed by atoms with E-state index in [0.717, 1.165) is 6.07 Å². The van der Waals surface area contributed by atoms with Gasteiger partial charge < -0.3 is 30.6 Å². The molecule has 0 spiro atoms. The number of amides is 3. The molecule has 1 aromatic rings. The van der Waals surface area contributed by atoms with E-state index in [4.69, 9.17) is 10.5 Å². The lowest BCUT2D eigenvalue weighted by molar-refractivity contribution is -0.286. The van der Waals surface area contributed by atoms with Crippen molar-refractivity contribution in [2.24, 2.45) is 5.73 Å². The summed E-state index contributed by atoms with van der Waals surface area (Å²) >= 11 is 1.46. The third-order valence-corrected chi connectivity index (χ3v) is 3.89. The number of primary amides is 1. The zero-order valence-electron chi connectivity index (χ0n) is 14.1. The first-order valence-corrected chi connectivity index (χ1v) is 9.01. The number of ether oxygens (including phenoxy) is 3. The van der Waals surface area contributed by atoms with Crippen molar-refractivity contribution in [1.29, 1.82) is 0 Å². The number of alkyl halides is 2. The molecular formula is C15H17F2N3O6S. The van der Waals surface area contributed by atoms with E-state index in [1.807, 2.05) is 6.26 Å². The Kier molecular flexibility index (Phi) is 6.66. The average Bonchev–Trinajstić information content (AvgIpc) is 2.89. The molecule has 1 heterocycles. The fraction of sp³-hybridized carbons (Fsp3) is 0.400. The fourth-order valence-electron chi connectivity index (χ4n) is 2.12. The molecule has 2 rings (SSSR count). The van der Waals surface area contributed by atoms with Crippen LogP contribution in [-0.4, -0.2) is 48.9 Å². The molecule has 0 aliphatic carbocycles. The van der Waals surface area contributed by atoms with Gasteiger partial charge in [-0.15, -0.1) is 8.78 Å². The van der Waals surface area contributed by atoms with Gasteiger partial charge in [0.2, 0.25) is 0 Å². The number of nitrogens with one attached hydrogen (secondary N) is 2. The average molecular weight is 405 g/mol. The number of hydrogen-bond donors (Lipinski definition) is 3. The summed E-state index contributed by atoms with van der Waals surface area (Å²) in [5.74, 6) is -1.37. The number of halogens is 2. The second-order valence-electron chi connectivity index (χ2n) is 5.33. The molecule has 0 aromatic heterocycles. The Morgan fingerprint density at radius 3 is 2.67 bits per heavy atom. The van der Waals surface area contributed by atoms with Crippen molar-refractivity contribution in [2.45, 2.75) is 18.8 Å². The van der Waals surface area contributed by atoms with E-state index in [1.165, 1.54) is 23.9 Å². The molecule has 1 aromatic carbocycles. The van der Waals surface area contributed by atoms with E-state index >= 15 is 0 Å². The lowest BCUT2D eigenvalue weighted by atomic mass is 10.2. The number of carbonyl (C=O) groups is 3. The number of nitrogens with two attached hydrogens (primary N) is 1. The highest BCUT2D eigenvalue weighted by Gasteiger charge is 2.43. The largest absolute Gasteiger partial charge is 0.586 e. The summed E-state index contributed by atoms with van der Waals surface area (Å²) in [6, 6.07) is 1.80. The van der Waals surface area contributed by atoms with Crippen molar-refractivity contribution >= 4 is 35.4 Å². The van der Waals surface area contributed by atoms with Crippen molar-refractivity contribution in [3.05, 3.63) is 18.2 Å². The highest BCUT2D eigenvalue weighted by Crippen LogP contribution is 2.42. The summed E-state index contributed by atoms with van der Waals surface area (Å²) in [6.45, 7) is -0.639. The first kappa shape index (κ1) is 20.6. The summed E-state index contributed by atoms with van der Waals surface area (Å²) in [7, 11) is 0. The van der Waals surface area contributed by atoms with Crippen LogP contribution in [-0.2, 0) is 14.3 Å². The van der Waals surface area contributed by atoms with Gasteiger partial charge in [0.1, 0.15) is 6.04 Å². The van der Waals surface area contributed by atoms with Gasteiger partial charge in [0.15, 0.2) is 18.1 Å². The Morgan fingerprint density at radius 1 is 1.30 bits per heavy atom. The zero-order valence-corrected chi connectivity index (χ0v) is 14.9. The van der Waals surface area contributed by atoms with Crippen molar-refractivity contribution < 1.29 is 37.4 Å². The highest BCUT2D eigenvalue weighted by atomic mass is 32.2. The van der Waals surface area contributed by atoms with Gasteiger partial charge in [0, 0.05) is 11.8 Å². The van der Waals surface area contributed by atoms with E-state index in [0.29, 0.717) is 5.75 Å². The third kappa shape index (κ3) is 6.16. The third-order valence-electron chi connectivity index (χ3n) is 3.24. The lowest BCUT2D eigenvalue weighted by Crippen LogP contribution is -2.45. The molecule has 4 N–H and O–H groups in total. The maximum Gasteiger partial charge on any atom is 0.586 e. The predicted molar refractivity (Wildman–Crippen MR) is 91.7 cm³/mol. The molecule has 3 amide bonds. The second kappa shape index (κ2) is 8.75. The number of rotatable bonds is 8. The number of esters is 1. The van der Waals surface area contributed by atoms with Crippen LogP contribution in [0.25, 0.3) is 0 Å². The molecule has 0 saturated heterocycles. The fourth-order valence-corrected chi connectivity index (χ4v) is 2.59. The number of hydrogen-bond acceptors (Lipinski definition) is 7. The molecule has 27 heavy (non-hydrogen) atoms. The molecule has 0 unspecified atom stereocenters. The number of fused-ring (bicyclic) bond motifs is 1. The molecular weight excluding hydrogens is 388 g/mol. The molecule has 12 heteroatoms. The van der Waals surface area contributed by atoms with Crippen LogP contribution in [0.15, 0.2) is 18.2 Å². The minimum atomic E-state index is -3.76. The quantitative estimate of drug-likeness (QED) is 0.556. The van der Waals surface area contributed by atoms with E-state index < -0.39 is 36.9 Å². The van der Waals surface area contributed by atoms with Crippen LogP contribution in [0.5, 0.6) is 11.5 Å². The number of urea groups is 1. The molecule has 9 nitrogen and oxygen atoms in total. The van der Waals surface area contributed by atoms with Crippen molar-refractivity contribution in [3.63, 3.8) is 0 Å². The topological polar surface area (TPSA) is 129 Å². The first-order chi connectivity index (χ1) is 12.7. The van der Waals surface area contributed by atoms with Crippen LogP contribution in [0, 0.1) is 0 Å². The Hall–Kier alpha value is -2.76. The summed E-state index contributed by atoms with van der Waals surface area (Å²) < 4.78 is 39.3. The SMILES string of the molecule is CSCC[C@@H](NC(N)=O)C(=O)OCC(=O)Nc1ccc2c(c1)OC(F)(F)O2. The van der Waals surface area contributed by atoms with Crippen LogP contribution in [0.3, 0.4) is 0 Å². The smallest absolute Gasteiger partial charge is 0.454 e. The number of thioether (sulfide) groups is 1. The molecule has 1 aliphatic rings. The summed E-state index contributed by atoms with van der Waals surface area (Å²) in [5, 5.41) is 4.61. The molecule has 0 radical (unpaired) electrons. The number of anilines is 1. The standard InChI is InChI=1S/C15H17F2N3O6S/c1-27-5-4-9(20-14(18)23)13(22)24-7-12(21)19-8-2-3-10-11(6-8)26-15(16,17)25-10/h2-3,6,9H,4-5,7H2,1H3,(H,19,21)(H3,18,20,23)/t9-/m1/s1. The van der Waals surface area contributed by atoms with Gasteiger partial charge in [-0.3, -0.25) is 4.79 Å². The lowest BCUT2D eigenvalue weighted by Gasteiger charge is -2.15. The monoisotopic (exact) mass is 405 g/mol. The number of carbonyl (C=O) groups excluding carboxylic acids is 3. The van der Waals surface area contributed by atoms with Gasteiger partial charge in [-0.2, -0.15) is 11.8 Å². The first-order valence-electron chi connectivity index (χ1n) is 7.61. The maximum absolute atomic E-state index is 13.0. The van der Waals surface area contributed by atoms with Crippen LogP contribution in [0.2, 0.25) is 0 Å². The minimum Gasteiger partial charge on any atom is -0.454 e. The van der Waals surface area contributed by atoms with Crippen LogP contribution < -0.4 is 25.8 Å². The van der Waals surface area contributed by atoms with Gasteiger partial charge in [0.25, 0.3) is 5.91 Å². The molecule has 1 atom stereocenters. The molecule has 0 saturated carbocycles. The number of benzene rings is 1. The normalized spacial score (nSPS) is 14.9. The van der Waals surface area contributed by atoms with E-state index in [-0.39, 0.29) is 23.6 Å². The van der Waals surface area contributed by atoms with Crippen molar-refractivity contribution in [1.82, 2.24) is 5.32 Å². The Morgan fingerprint density at radius 2 is 2.00 bits per heavy atom. The van der Waals surface area contributed by atoms with Gasteiger partial charge in [-0.05, 0) is 30.6 Å². The minimum absolute atomic E-state index is 0.144. The summed E-state index contributed by atoms with van der Waals surface area (Å²) in [4.78, 5) is 34.8. The maximum atomic E-state index is 13.0. The summed E-state index contributed by atoms with van der Waals surface area (Å²) in [5.41, 5.74) is 5.15. The van der Waals surface area contributed by atoms with Gasteiger partial charge in [0.05, 0.1) is 0 Å². The van der Waals surface area contributed by atoms with E-state index in [1.54, 1.807) is 0 Å². The zero-order chi connectivity index (χ0) is 20.0. The molecule has 148 valence electrons. The van der Waals surface area contributed by atoms with Gasteiger partial charge in [-0.1, -0.05) is 0 Å². The Balaban J connectivity index is 1.87. The van der Waals surface area contributed by atoms with Gasteiger partial charge in [-0.25, -0.2) is 9.59 Å². The van der Waals surface area contributed by atoms with Crippen molar-refractivity contribution in [3.8, 4) is 11.5 Å². The van der Waals surface area contributed by atoms with E-state index in [9.17, 15) is 23.2 Å². The van der Waals surface area contributed by atoms with Crippen LogP contribution in [0.1, 0.15) is 6.42 Å². The highest BCUT2D eigenvalue weighted by molar-refractivity contribution is 7.98. The predicted octanol–water partition coefficient (Wildman–Crippen LogP) is 1.28. The van der Waals surface area contributed by atoms with Gasteiger partial charge >= 0.3 is 18.3 Å². The molecule has 1 aliphatic heterocycles. The van der Waals surface area contributed by atoms with Crippen molar-refractivity contribution in [2.75, 3.05) is 23.9 Å². The molecule has 0 fully saturated rings. The van der Waals surface area contributed by atoms with E-state index in [2.05, 4.69) is 20.1 Å². The van der Waals surface area contributed by atoms with Crippen LogP contribution in [0.4, 0.5) is 19.3 Å². The second-order valence-corrected chi connectivity index (χ2v) is 6.31. The Labute approximate surface area is 156 Å². The van der Waals surface area contributed by atoms with Crippen LogP contribution >= 0.6 is 11.8 Å². The molecule has 0 bridgehead atoms. The Bertz CT molecular complexity index is 734.